The van der Waals surface area contributed by atoms with Crippen LogP contribution in [-0.2, 0) is 20.9 Å². The molecule has 0 aliphatic carbocycles. The summed E-state index contributed by atoms with van der Waals surface area (Å²) >= 11 is 5.70. The minimum absolute atomic E-state index is 0.145. The topological polar surface area (TPSA) is 115 Å². The van der Waals surface area contributed by atoms with Gasteiger partial charge in [0.25, 0.3) is 5.56 Å². The van der Waals surface area contributed by atoms with Crippen molar-refractivity contribution in [2.24, 2.45) is 4.99 Å². The molecule has 13 heteroatoms. The van der Waals surface area contributed by atoms with Crippen LogP contribution in [0.15, 0.2) is 100 Å². The average molecular weight is 957 g/mol. The predicted octanol–water partition coefficient (Wildman–Crippen LogP) is 6.92. The first-order chi connectivity index (χ1) is 25.7. The molecule has 0 radical (unpaired) electrons. The molecule has 0 fully saturated rings. The second kappa shape index (κ2) is 17.1. The van der Waals surface area contributed by atoms with Crippen molar-refractivity contribution in [1.29, 1.82) is 0 Å². The molecule has 0 unspecified atom stereocenters. The van der Waals surface area contributed by atoms with Crippen molar-refractivity contribution in [1.82, 2.24) is 4.57 Å². The van der Waals surface area contributed by atoms with Gasteiger partial charge in [0.1, 0.15) is 12.4 Å². The van der Waals surface area contributed by atoms with Crippen molar-refractivity contribution in [2.45, 2.75) is 26.5 Å². The van der Waals surface area contributed by atoms with Crippen molar-refractivity contribution in [2.75, 3.05) is 27.4 Å². The molecule has 1 atom stereocenters. The van der Waals surface area contributed by atoms with Gasteiger partial charge in [-0.1, -0.05) is 59.9 Å². The van der Waals surface area contributed by atoms with E-state index in [1.807, 2.05) is 66.7 Å². The number of carbonyl (C=O) groups excluding carboxylic acids is 2. The Labute approximate surface area is 337 Å². The number of rotatable bonds is 12. The van der Waals surface area contributed by atoms with E-state index in [0.717, 1.165) is 18.3 Å². The molecule has 1 aliphatic rings. The summed E-state index contributed by atoms with van der Waals surface area (Å²) in [6.45, 7) is 4.27. The SMILES string of the molecule is CCOC(=O)C1=C(c2ccccc2)N=c2s/c(=C\c3cc(I)c(OCc4ccc(C(=O)OCC)cc4)c(I)c3)c(=O)n2[C@H]1c1ccc(OC)c(OC)c1. The van der Waals surface area contributed by atoms with Crippen LogP contribution in [0.25, 0.3) is 11.8 Å². The number of methoxy groups -OCH3 is 2. The van der Waals surface area contributed by atoms with Gasteiger partial charge in [-0.25, -0.2) is 14.6 Å². The largest absolute Gasteiger partial charge is 0.493 e. The van der Waals surface area contributed by atoms with Crippen molar-refractivity contribution >= 4 is 80.2 Å². The number of nitrogens with zero attached hydrogens (tertiary/aromatic N) is 2. The van der Waals surface area contributed by atoms with E-state index in [1.54, 1.807) is 49.8 Å². The summed E-state index contributed by atoms with van der Waals surface area (Å²) in [5, 5.41) is 0. The quantitative estimate of drug-likeness (QED) is 0.0980. The van der Waals surface area contributed by atoms with Crippen LogP contribution in [0.5, 0.6) is 17.2 Å². The van der Waals surface area contributed by atoms with E-state index in [4.69, 9.17) is 28.7 Å². The highest BCUT2D eigenvalue weighted by atomic mass is 127. The predicted molar refractivity (Wildman–Crippen MR) is 219 cm³/mol. The Hall–Kier alpha value is -4.48. The standard InChI is InChI=1S/C40H34I2N2O8S/c1-5-50-38(46)26-14-12-23(13-15-26)22-52-36-28(41)18-24(19-29(36)42)20-32-37(45)44-35(27-16-17-30(48-3)31(21-27)49-4)33(39(47)51-6-2)34(43-40(44)53-32)25-10-8-7-9-11-25/h7-21,35H,5-6,22H2,1-4H3/b32-20-/t35-/m0/s1. The third kappa shape index (κ3) is 8.21. The van der Waals surface area contributed by atoms with Crippen molar-refractivity contribution in [3.63, 3.8) is 0 Å². The average Bonchev–Trinajstić information content (AvgIpc) is 3.47. The summed E-state index contributed by atoms with van der Waals surface area (Å²) in [4.78, 5) is 45.7. The first-order valence-electron chi connectivity index (χ1n) is 16.6. The van der Waals surface area contributed by atoms with Crippen molar-refractivity contribution in [3.8, 4) is 17.2 Å². The number of thiazole rings is 1. The molecule has 1 aliphatic heterocycles. The van der Waals surface area contributed by atoms with Gasteiger partial charge in [-0.15, -0.1) is 0 Å². The lowest BCUT2D eigenvalue weighted by molar-refractivity contribution is -0.138. The number of fused-ring (bicyclic) bond motifs is 1. The lowest BCUT2D eigenvalue weighted by Gasteiger charge is -2.26. The van der Waals surface area contributed by atoms with E-state index in [2.05, 4.69) is 45.2 Å². The fraction of sp³-hybridized carbons (Fsp3) is 0.200. The Morgan fingerprint density at radius 1 is 0.849 bits per heavy atom. The smallest absolute Gasteiger partial charge is 0.338 e. The number of hydrogen-bond donors (Lipinski definition) is 0. The molecule has 10 nitrogen and oxygen atoms in total. The highest BCUT2D eigenvalue weighted by Gasteiger charge is 2.35. The summed E-state index contributed by atoms with van der Waals surface area (Å²) in [7, 11) is 3.08. The Morgan fingerprint density at radius 2 is 1.51 bits per heavy atom. The third-order valence-corrected chi connectivity index (χ3v) is 10.8. The molecular weight excluding hydrogens is 922 g/mol. The maximum absolute atomic E-state index is 14.4. The van der Waals surface area contributed by atoms with Gasteiger partial charge in [0.05, 0.1) is 62.0 Å². The lowest BCUT2D eigenvalue weighted by atomic mass is 9.93. The number of esters is 2. The number of hydrogen-bond acceptors (Lipinski definition) is 10. The monoisotopic (exact) mass is 956 g/mol. The molecule has 0 bridgehead atoms. The van der Waals surface area contributed by atoms with Crippen LogP contribution in [0.2, 0.25) is 0 Å². The summed E-state index contributed by atoms with van der Waals surface area (Å²) in [5.41, 5.74) is 3.89. The van der Waals surface area contributed by atoms with Gasteiger partial charge in [-0.2, -0.15) is 0 Å². The number of carbonyl (C=O) groups is 2. The lowest BCUT2D eigenvalue weighted by Crippen LogP contribution is -2.40. The third-order valence-electron chi connectivity index (χ3n) is 8.26. The van der Waals surface area contributed by atoms with Crippen LogP contribution in [0.1, 0.15) is 52.5 Å². The van der Waals surface area contributed by atoms with Gasteiger partial charge in [0.2, 0.25) is 0 Å². The van der Waals surface area contributed by atoms with Gasteiger partial charge in [-0.3, -0.25) is 9.36 Å². The molecule has 0 amide bonds. The zero-order valence-corrected chi connectivity index (χ0v) is 34.3. The van der Waals surface area contributed by atoms with E-state index >= 15 is 0 Å². The fourth-order valence-electron chi connectivity index (χ4n) is 5.84. The van der Waals surface area contributed by atoms with E-state index in [0.29, 0.717) is 62.2 Å². The van der Waals surface area contributed by atoms with E-state index in [9.17, 15) is 14.4 Å². The highest BCUT2D eigenvalue weighted by Crippen LogP contribution is 2.38. The highest BCUT2D eigenvalue weighted by molar-refractivity contribution is 14.1. The molecule has 272 valence electrons. The Kier molecular flexibility index (Phi) is 12.4. The number of halogens is 2. The molecule has 1 aromatic heterocycles. The molecule has 6 rings (SSSR count). The van der Waals surface area contributed by atoms with Crippen LogP contribution in [0, 0.1) is 7.14 Å². The van der Waals surface area contributed by atoms with E-state index < -0.39 is 12.0 Å². The van der Waals surface area contributed by atoms with Gasteiger partial charge in [-0.05, 0) is 118 Å². The first-order valence-corrected chi connectivity index (χ1v) is 19.5. The van der Waals surface area contributed by atoms with E-state index in [-0.39, 0.29) is 23.7 Å². The molecule has 0 N–H and O–H groups in total. The maximum atomic E-state index is 14.4. The van der Waals surface area contributed by atoms with Crippen molar-refractivity contribution < 1.29 is 33.3 Å². The molecular formula is C40H34I2N2O8S. The molecule has 0 saturated carbocycles. The minimum atomic E-state index is -0.870. The summed E-state index contributed by atoms with van der Waals surface area (Å²) in [5.74, 6) is 0.739. The zero-order valence-electron chi connectivity index (χ0n) is 29.2. The minimum Gasteiger partial charge on any atom is -0.493 e. The molecule has 0 saturated heterocycles. The molecule has 4 aromatic carbocycles. The Balaban J connectivity index is 1.42. The Bertz CT molecular complexity index is 2370. The van der Waals surface area contributed by atoms with Gasteiger partial charge >= 0.3 is 11.9 Å². The summed E-state index contributed by atoms with van der Waals surface area (Å²) in [6, 6.07) is 24.9. The van der Waals surface area contributed by atoms with Crippen LogP contribution in [0.3, 0.4) is 0 Å². The van der Waals surface area contributed by atoms with Crippen LogP contribution >= 0.6 is 56.5 Å². The first kappa shape index (κ1) is 38.3. The van der Waals surface area contributed by atoms with Gasteiger partial charge in [0, 0.05) is 5.56 Å². The number of ether oxygens (including phenoxy) is 5. The molecule has 2 heterocycles. The van der Waals surface area contributed by atoms with E-state index in [1.165, 1.54) is 18.4 Å². The maximum Gasteiger partial charge on any atom is 0.338 e. The van der Waals surface area contributed by atoms with Crippen LogP contribution in [-0.4, -0.2) is 43.9 Å². The zero-order chi connectivity index (χ0) is 37.6. The van der Waals surface area contributed by atoms with Crippen LogP contribution in [0.4, 0.5) is 0 Å². The number of benzene rings is 4. The molecule has 0 spiro atoms. The fourth-order valence-corrected chi connectivity index (χ4v) is 8.97. The van der Waals surface area contributed by atoms with Crippen LogP contribution < -0.4 is 29.1 Å². The Morgan fingerprint density at radius 3 is 2.15 bits per heavy atom. The summed E-state index contributed by atoms with van der Waals surface area (Å²) in [6.07, 6.45) is 1.83. The summed E-state index contributed by atoms with van der Waals surface area (Å²) < 4.78 is 31.7. The second-order valence-electron chi connectivity index (χ2n) is 11.6. The van der Waals surface area contributed by atoms with Crippen molar-refractivity contribution in [3.05, 3.63) is 145 Å². The molecule has 53 heavy (non-hydrogen) atoms. The van der Waals surface area contributed by atoms with Gasteiger partial charge < -0.3 is 23.7 Å². The normalized spacial score (nSPS) is 13.9. The second-order valence-corrected chi connectivity index (χ2v) is 14.9. The molecule has 5 aromatic rings. The number of aromatic nitrogens is 1. The van der Waals surface area contributed by atoms with Gasteiger partial charge in [0.15, 0.2) is 16.3 Å².